The van der Waals surface area contributed by atoms with E-state index in [9.17, 15) is 0 Å². The zero-order valence-electron chi connectivity index (χ0n) is 26.2. The Labute approximate surface area is 265 Å². The van der Waals surface area contributed by atoms with Crippen LogP contribution in [0, 0.1) is 0 Å². The summed E-state index contributed by atoms with van der Waals surface area (Å²) in [5.41, 5.74) is 15.9. The first kappa shape index (κ1) is 26.3. The van der Waals surface area contributed by atoms with Gasteiger partial charge in [-0.3, -0.25) is 0 Å². The Hall–Kier alpha value is -5.14. The molecular formula is C44H35N. The second kappa shape index (κ2) is 9.19. The molecule has 0 amide bonds. The fourth-order valence-electron chi connectivity index (χ4n) is 8.33. The molecule has 0 spiro atoms. The van der Waals surface area contributed by atoms with Gasteiger partial charge in [-0.05, 0) is 90.7 Å². The van der Waals surface area contributed by atoms with Crippen molar-refractivity contribution in [2.24, 2.45) is 0 Å². The van der Waals surface area contributed by atoms with E-state index in [2.05, 4.69) is 166 Å². The monoisotopic (exact) mass is 577 g/mol. The van der Waals surface area contributed by atoms with Crippen LogP contribution in [0.15, 0.2) is 133 Å². The molecule has 0 fully saturated rings. The molecular weight excluding hydrogens is 542 g/mol. The van der Waals surface area contributed by atoms with Crippen LogP contribution in [-0.2, 0) is 10.8 Å². The van der Waals surface area contributed by atoms with Crippen molar-refractivity contribution in [3.8, 4) is 33.4 Å². The van der Waals surface area contributed by atoms with Crippen LogP contribution in [0.25, 0.3) is 54.9 Å². The average molecular weight is 578 g/mol. The molecule has 0 bridgehead atoms. The first-order valence-electron chi connectivity index (χ1n) is 16.0. The summed E-state index contributed by atoms with van der Waals surface area (Å²) in [5, 5.41) is 8.92. The Morgan fingerprint density at radius 2 is 0.889 bits per heavy atom. The molecule has 0 aromatic heterocycles. The molecule has 1 nitrogen and oxygen atoms in total. The topological polar surface area (TPSA) is 12.0 Å². The van der Waals surface area contributed by atoms with E-state index in [4.69, 9.17) is 0 Å². The van der Waals surface area contributed by atoms with E-state index in [0.29, 0.717) is 0 Å². The maximum atomic E-state index is 3.93. The van der Waals surface area contributed by atoms with Gasteiger partial charge >= 0.3 is 0 Å². The van der Waals surface area contributed by atoms with Gasteiger partial charge in [-0.15, -0.1) is 0 Å². The van der Waals surface area contributed by atoms with Gasteiger partial charge in [0.15, 0.2) is 0 Å². The molecule has 0 aliphatic heterocycles. The predicted octanol–water partition coefficient (Wildman–Crippen LogP) is 12.0. The summed E-state index contributed by atoms with van der Waals surface area (Å²) in [5.74, 6) is 0. The second-order valence-electron chi connectivity index (χ2n) is 13.8. The molecule has 0 saturated carbocycles. The molecule has 0 saturated heterocycles. The van der Waals surface area contributed by atoms with Crippen molar-refractivity contribution >= 4 is 32.9 Å². The third-order valence-corrected chi connectivity index (χ3v) is 10.6. The molecule has 7 aromatic rings. The summed E-state index contributed by atoms with van der Waals surface area (Å²) in [6.07, 6.45) is 0. The van der Waals surface area contributed by atoms with E-state index in [1.54, 1.807) is 0 Å². The number of fused-ring (bicyclic) bond motifs is 8. The predicted molar refractivity (Wildman–Crippen MR) is 192 cm³/mol. The highest BCUT2D eigenvalue weighted by Crippen LogP contribution is 2.56. The molecule has 0 unspecified atom stereocenters. The van der Waals surface area contributed by atoms with Crippen LogP contribution < -0.4 is 5.32 Å². The third-order valence-electron chi connectivity index (χ3n) is 10.6. The van der Waals surface area contributed by atoms with E-state index in [1.807, 2.05) is 0 Å². The van der Waals surface area contributed by atoms with E-state index in [-0.39, 0.29) is 10.8 Å². The Kier molecular flexibility index (Phi) is 5.37. The Balaban J connectivity index is 1.20. The lowest BCUT2D eigenvalue weighted by Gasteiger charge is -2.24. The minimum absolute atomic E-state index is 0.0105. The zero-order valence-corrected chi connectivity index (χ0v) is 26.2. The molecule has 2 aliphatic carbocycles. The third kappa shape index (κ3) is 3.61. The van der Waals surface area contributed by atoms with E-state index >= 15 is 0 Å². The number of hydrogen-bond donors (Lipinski definition) is 1. The maximum absolute atomic E-state index is 3.93. The van der Waals surface area contributed by atoms with E-state index in [0.717, 1.165) is 11.4 Å². The first-order valence-corrected chi connectivity index (χ1v) is 16.0. The molecule has 1 heteroatoms. The Morgan fingerprint density at radius 1 is 0.400 bits per heavy atom. The zero-order chi connectivity index (χ0) is 30.5. The van der Waals surface area contributed by atoms with Crippen LogP contribution in [0.3, 0.4) is 0 Å². The van der Waals surface area contributed by atoms with Crippen LogP contribution >= 0.6 is 0 Å². The van der Waals surface area contributed by atoms with Gasteiger partial charge in [0.2, 0.25) is 0 Å². The van der Waals surface area contributed by atoms with Crippen LogP contribution in [-0.4, -0.2) is 0 Å². The molecule has 0 atom stereocenters. The SMILES string of the molecule is CC1(C)c2ccccc2-c2cc3c(cc21)-c1ccc(Nc2c4ccccc4c(-c4ccccc4)c4ccccc24)cc1C3(C)C. The normalized spacial score (nSPS) is 15.0. The molecule has 1 N–H and O–H groups in total. The molecule has 7 aromatic carbocycles. The van der Waals surface area contributed by atoms with Gasteiger partial charge in [-0.25, -0.2) is 0 Å². The smallest absolute Gasteiger partial charge is 0.0544 e. The molecule has 216 valence electrons. The minimum Gasteiger partial charge on any atom is -0.355 e. The molecule has 0 radical (unpaired) electrons. The van der Waals surface area contributed by atoms with Crippen molar-refractivity contribution in [1.82, 2.24) is 0 Å². The van der Waals surface area contributed by atoms with Gasteiger partial charge < -0.3 is 5.32 Å². The quantitative estimate of drug-likeness (QED) is 0.206. The number of hydrogen-bond acceptors (Lipinski definition) is 1. The van der Waals surface area contributed by atoms with Crippen LogP contribution in [0.2, 0.25) is 0 Å². The summed E-state index contributed by atoms with van der Waals surface area (Å²) in [6, 6.07) is 49.4. The van der Waals surface area contributed by atoms with Gasteiger partial charge in [0, 0.05) is 27.3 Å². The van der Waals surface area contributed by atoms with Gasteiger partial charge in [0.25, 0.3) is 0 Å². The number of rotatable bonds is 3. The lowest BCUT2D eigenvalue weighted by atomic mass is 9.79. The van der Waals surface area contributed by atoms with Gasteiger partial charge in [0.1, 0.15) is 0 Å². The fourth-order valence-corrected chi connectivity index (χ4v) is 8.33. The largest absolute Gasteiger partial charge is 0.355 e. The van der Waals surface area contributed by atoms with Crippen molar-refractivity contribution < 1.29 is 0 Å². The number of nitrogens with one attached hydrogen (secondary N) is 1. The van der Waals surface area contributed by atoms with E-state index in [1.165, 1.54) is 77.2 Å². The molecule has 45 heavy (non-hydrogen) atoms. The summed E-state index contributed by atoms with van der Waals surface area (Å²) < 4.78 is 0. The van der Waals surface area contributed by atoms with Crippen LogP contribution in [0.4, 0.5) is 11.4 Å². The lowest BCUT2D eigenvalue weighted by molar-refractivity contribution is 0.652. The van der Waals surface area contributed by atoms with Gasteiger partial charge in [0.05, 0.1) is 5.69 Å². The average Bonchev–Trinajstić information content (AvgIpc) is 3.43. The van der Waals surface area contributed by atoms with Gasteiger partial charge in [-0.2, -0.15) is 0 Å². The second-order valence-corrected chi connectivity index (χ2v) is 13.8. The highest BCUT2D eigenvalue weighted by atomic mass is 14.9. The molecule has 9 rings (SSSR count). The summed E-state index contributed by atoms with van der Waals surface area (Å²) in [7, 11) is 0. The highest BCUT2D eigenvalue weighted by molar-refractivity contribution is 6.21. The standard InChI is InChI=1S/C44H35N/c1-43(2)37-21-13-12-16-29(37)35-25-40-36(26-39(35)43)30-23-22-28(24-38(30)44(40,3)4)45-42-33-19-10-8-17-31(33)41(27-14-6-5-7-15-27)32-18-9-11-20-34(32)42/h5-26,45H,1-4H3. The van der Waals surface area contributed by atoms with Crippen LogP contribution in [0.1, 0.15) is 49.9 Å². The molecule has 0 heterocycles. The highest BCUT2D eigenvalue weighted by Gasteiger charge is 2.41. The maximum Gasteiger partial charge on any atom is 0.0544 e. The van der Waals surface area contributed by atoms with Crippen LogP contribution in [0.5, 0.6) is 0 Å². The van der Waals surface area contributed by atoms with E-state index < -0.39 is 0 Å². The van der Waals surface area contributed by atoms with Crippen molar-refractivity contribution in [2.75, 3.05) is 5.32 Å². The summed E-state index contributed by atoms with van der Waals surface area (Å²) in [4.78, 5) is 0. The summed E-state index contributed by atoms with van der Waals surface area (Å²) >= 11 is 0. The van der Waals surface area contributed by atoms with Gasteiger partial charge in [-0.1, -0.05) is 137 Å². The molecule has 2 aliphatic rings. The number of benzene rings is 7. The minimum atomic E-state index is -0.111. The van der Waals surface area contributed by atoms with Crippen molar-refractivity contribution in [3.63, 3.8) is 0 Å². The first-order chi connectivity index (χ1) is 21.8. The van der Waals surface area contributed by atoms with Crippen molar-refractivity contribution in [3.05, 3.63) is 156 Å². The van der Waals surface area contributed by atoms with Crippen molar-refractivity contribution in [1.29, 1.82) is 0 Å². The number of anilines is 2. The Bertz CT molecular complexity index is 2280. The lowest BCUT2D eigenvalue weighted by Crippen LogP contribution is -2.17. The Morgan fingerprint density at radius 3 is 1.53 bits per heavy atom. The van der Waals surface area contributed by atoms with Crippen molar-refractivity contribution in [2.45, 2.75) is 38.5 Å². The fraction of sp³-hybridized carbons (Fsp3) is 0.136. The summed E-state index contributed by atoms with van der Waals surface area (Å²) in [6.45, 7) is 9.52.